The average molecular weight is 332 g/mol. The molecule has 2 aromatic rings. The van der Waals surface area contributed by atoms with E-state index < -0.39 is 0 Å². The molecule has 23 heavy (non-hydrogen) atoms. The van der Waals surface area contributed by atoms with Crippen LogP contribution in [0, 0.1) is 12.8 Å². The lowest BCUT2D eigenvalue weighted by molar-refractivity contribution is 0.0922. The summed E-state index contributed by atoms with van der Waals surface area (Å²) in [6.07, 6.45) is 6.14. The molecule has 1 aliphatic rings. The van der Waals surface area contributed by atoms with Gasteiger partial charge in [-0.15, -0.1) is 0 Å². The third-order valence-electron chi connectivity index (χ3n) is 4.66. The Hall–Kier alpha value is -1.81. The van der Waals surface area contributed by atoms with Crippen molar-refractivity contribution in [2.24, 2.45) is 5.92 Å². The third-order valence-corrected chi connectivity index (χ3v) is 4.89. The first kappa shape index (κ1) is 16.1. The van der Waals surface area contributed by atoms with Crippen LogP contribution in [0.25, 0.3) is 5.69 Å². The largest absolute Gasteiger partial charge is 0.349 e. The van der Waals surface area contributed by atoms with Crippen LogP contribution in [0.2, 0.25) is 5.02 Å². The Bertz CT molecular complexity index is 702. The van der Waals surface area contributed by atoms with Crippen LogP contribution in [0.5, 0.6) is 0 Å². The number of carbonyl (C=O) groups excluding carboxylic acids is 1. The Morgan fingerprint density at radius 1 is 1.30 bits per heavy atom. The van der Waals surface area contributed by atoms with E-state index in [1.165, 1.54) is 12.8 Å². The van der Waals surface area contributed by atoms with E-state index >= 15 is 0 Å². The lowest BCUT2D eigenvalue weighted by Crippen LogP contribution is -2.37. The fourth-order valence-electron chi connectivity index (χ4n) is 3.17. The van der Waals surface area contributed by atoms with Crippen LogP contribution in [0.3, 0.4) is 0 Å². The van der Waals surface area contributed by atoms with Crippen molar-refractivity contribution < 1.29 is 4.79 Å². The van der Waals surface area contributed by atoms with Gasteiger partial charge in [0, 0.05) is 11.1 Å². The molecule has 1 aliphatic carbocycles. The van der Waals surface area contributed by atoms with Gasteiger partial charge in [-0.3, -0.25) is 4.79 Å². The SMILES string of the molecule is Cc1c(C(=O)NC2CCC(C)CC2)cnn1-c1cccc(Cl)c1. The van der Waals surface area contributed by atoms with Gasteiger partial charge in [-0.25, -0.2) is 4.68 Å². The molecule has 0 bridgehead atoms. The predicted octanol–water partition coefficient (Wildman–Crippen LogP) is 4.14. The summed E-state index contributed by atoms with van der Waals surface area (Å²) in [6.45, 7) is 4.18. The van der Waals surface area contributed by atoms with Crippen LogP contribution in [0.15, 0.2) is 30.5 Å². The minimum Gasteiger partial charge on any atom is -0.349 e. The van der Waals surface area contributed by atoms with Gasteiger partial charge < -0.3 is 5.32 Å². The number of rotatable bonds is 3. The number of halogens is 1. The first-order chi connectivity index (χ1) is 11.0. The standard InChI is InChI=1S/C18H22ClN3O/c1-12-6-8-15(9-7-12)21-18(23)17-11-20-22(13(17)2)16-5-3-4-14(19)10-16/h3-5,10-12,15H,6-9H2,1-2H3,(H,21,23). The zero-order valence-corrected chi connectivity index (χ0v) is 14.3. The molecule has 0 aliphatic heterocycles. The summed E-state index contributed by atoms with van der Waals surface area (Å²) >= 11 is 6.04. The van der Waals surface area contributed by atoms with E-state index in [2.05, 4.69) is 17.3 Å². The Morgan fingerprint density at radius 2 is 2.04 bits per heavy atom. The molecule has 0 radical (unpaired) electrons. The highest BCUT2D eigenvalue weighted by atomic mass is 35.5. The van der Waals surface area contributed by atoms with Crippen molar-refractivity contribution in [2.75, 3.05) is 0 Å². The van der Waals surface area contributed by atoms with E-state index in [0.717, 1.165) is 30.1 Å². The zero-order valence-electron chi connectivity index (χ0n) is 13.6. The highest BCUT2D eigenvalue weighted by Crippen LogP contribution is 2.24. The van der Waals surface area contributed by atoms with E-state index in [4.69, 9.17) is 11.6 Å². The minimum atomic E-state index is -0.0321. The van der Waals surface area contributed by atoms with E-state index in [9.17, 15) is 4.79 Å². The number of hydrogen-bond donors (Lipinski definition) is 1. The molecule has 5 heteroatoms. The Morgan fingerprint density at radius 3 is 2.74 bits per heavy atom. The van der Waals surface area contributed by atoms with Crippen LogP contribution in [0.1, 0.15) is 48.7 Å². The number of carbonyl (C=O) groups is 1. The van der Waals surface area contributed by atoms with Gasteiger partial charge in [-0.2, -0.15) is 5.10 Å². The Balaban J connectivity index is 1.75. The Kier molecular flexibility index (Phi) is 4.71. The van der Waals surface area contributed by atoms with Gasteiger partial charge >= 0.3 is 0 Å². The lowest BCUT2D eigenvalue weighted by atomic mass is 9.87. The normalized spacial score (nSPS) is 21.2. The number of hydrogen-bond acceptors (Lipinski definition) is 2. The molecule has 0 spiro atoms. The quantitative estimate of drug-likeness (QED) is 0.918. The maximum atomic E-state index is 12.5. The first-order valence-corrected chi connectivity index (χ1v) is 8.54. The minimum absolute atomic E-state index is 0.0321. The molecule has 122 valence electrons. The van der Waals surface area contributed by atoms with E-state index in [0.29, 0.717) is 10.6 Å². The molecule has 1 amide bonds. The van der Waals surface area contributed by atoms with Crippen molar-refractivity contribution in [3.63, 3.8) is 0 Å². The van der Waals surface area contributed by atoms with Crippen LogP contribution in [-0.2, 0) is 0 Å². The molecule has 1 N–H and O–H groups in total. The van der Waals surface area contributed by atoms with Gasteiger partial charge in [0.25, 0.3) is 5.91 Å². The summed E-state index contributed by atoms with van der Waals surface area (Å²) in [5.74, 6) is 0.741. The summed E-state index contributed by atoms with van der Waals surface area (Å²) < 4.78 is 1.75. The maximum absolute atomic E-state index is 12.5. The van der Waals surface area contributed by atoms with Gasteiger partial charge in [-0.05, 0) is 56.7 Å². The molecular weight excluding hydrogens is 310 g/mol. The lowest BCUT2D eigenvalue weighted by Gasteiger charge is -2.26. The molecular formula is C18H22ClN3O. The third kappa shape index (κ3) is 3.58. The molecule has 1 aromatic carbocycles. The van der Waals surface area contributed by atoms with Crippen LogP contribution in [0.4, 0.5) is 0 Å². The highest BCUT2D eigenvalue weighted by Gasteiger charge is 2.22. The van der Waals surface area contributed by atoms with Crippen LogP contribution < -0.4 is 5.32 Å². The fraction of sp³-hybridized carbons (Fsp3) is 0.444. The summed E-state index contributed by atoms with van der Waals surface area (Å²) in [5, 5.41) is 8.16. The second-order valence-electron chi connectivity index (χ2n) is 6.47. The summed E-state index contributed by atoms with van der Waals surface area (Å²) in [7, 11) is 0. The molecule has 1 saturated carbocycles. The van der Waals surface area contributed by atoms with Crippen molar-refractivity contribution in [1.82, 2.24) is 15.1 Å². The number of aromatic nitrogens is 2. The van der Waals surface area contributed by atoms with Crippen molar-refractivity contribution in [3.05, 3.63) is 46.7 Å². The molecule has 3 rings (SSSR count). The van der Waals surface area contributed by atoms with Gasteiger partial charge in [0.05, 0.1) is 23.1 Å². The van der Waals surface area contributed by atoms with Crippen molar-refractivity contribution in [2.45, 2.75) is 45.6 Å². The number of nitrogens with one attached hydrogen (secondary N) is 1. The second kappa shape index (κ2) is 6.75. The molecule has 0 saturated heterocycles. The summed E-state index contributed by atoms with van der Waals surface area (Å²) in [6, 6.07) is 7.75. The van der Waals surface area contributed by atoms with Gasteiger partial charge in [0.1, 0.15) is 0 Å². The maximum Gasteiger partial charge on any atom is 0.254 e. The molecule has 1 fully saturated rings. The second-order valence-corrected chi connectivity index (χ2v) is 6.90. The molecule has 0 atom stereocenters. The fourth-order valence-corrected chi connectivity index (χ4v) is 3.35. The predicted molar refractivity (Wildman–Crippen MR) is 92.2 cm³/mol. The molecule has 4 nitrogen and oxygen atoms in total. The average Bonchev–Trinajstić information content (AvgIpc) is 2.91. The smallest absolute Gasteiger partial charge is 0.254 e. The van der Waals surface area contributed by atoms with E-state index in [1.54, 1.807) is 10.9 Å². The zero-order chi connectivity index (χ0) is 16.4. The van der Waals surface area contributed by atoms with Gasteiger partial charge in [0.2, 0.25) is 0 Å². The van der Waals surface area contributed by atoms with Crippen molar-refractivity contribution >= 4 is 17.5 Å². The monoisotopic (exact) mass is 331 g/mol. The molecule has 1 heterocycles. The van der Waals surface area contributed by atoms with Crippen molar-refractivity contribution in [3.8, 4) is 5.69 Å². The van der Waals surface area contributed by atoms with Crippen LogP contribution in [-0.4, -0.2) is 21.7 Å². The van der Waals surface area contributed by atoms with Gasteiger partial charge in [-0.1, -0.05) is 24.6 Å². The topological polar surface area (TPSA) is 46.9 Å². The van der Waals surface area contributed by atoms with Crippen LogP contribution >= 0.6 is 11.6 Å². The van der Waals surface area contributed by atoms with E-state index in [-0.39, 0.29) is 11.9 Å². The number of benzene rings is 1. The molecule has 0 unspecified atom stereocenters. The van der Waals surface area contributed by atoms with E-state index in [1.807, 2.05) is 31.2 Å². The Labute approximate surface area is 141 Å². The summed E-state index contributed by atoms with van der Waals surface area (Å²) in [4.78, 5) is 12.5. The number of amides is 1. The van der Waals surface area contributed by atoms with Crippen molar-refractivity contribution in [1.29, 1.82) is 0 Å². The number of nitrogens with zero attached hydrogens (tertiary/aromatic N) is 2. The van der Waals surface area contributed by atoms with Gasteiger partial charge in [0.15, 0.2) is 0 Å². The summed E-state index contributed by atoms with van der Waals surface area (Å²) in [5.41, 5.74) is 2.32. The highest BCUT2D eigenvalue weighted by molar-refractivity contribution is 6.30. The molecule has 1 aromatic heterocycles. The first-order valence-electron chi connectivity index (χ1n) is 8.16.